The summed E-state index contributed by atoms with van der Waals surface area (Å²) in [5.74, 6) is 0.408. The molecule has 0 unspecified atom stereocenters. The van der Waals surface area contributed by atoms with E-state index in [9.17, 15) is 9.18 Å². The van der Waals surface area contributed by atoms with Gasteiger partial charge in [-0.2, -0.15) is 0 Å². The minimum atomic E-state index is -0.209. The van der Waals surface area contributed by atoms with E-state index in [0.717, 1.165) is 38.3 Å². The zero-order valence-electron chi connectivity index (χ0n) is 15.0. The largest absolute Gasteiger partial charge is 0.495 e. The van der Waals surface area contributed by atoms with Gasteiger partial charge in [-0.1, -0.05) is 24.3 Å². The quantitative estimate of drug-likeness (QED) is 0.863. The van der Waals surface area contributed by atoms with Crippen LogP contribution in [-0.2, 0) is 11.3 Å². The molecule has 2 aromatic rings. The Balaban J connectivity index is 1.44. The molecule has 1 aliphatic heterocycles. The molecule has 0 bridgehead atoms. The molecule has 0 aliphatic carbocycles. The van der Waals surface area contributed by atoms with Gasteiger partial charge in [0, 0.05) is 32.7 Å². The Kier molecular flexibility index (Phi) is 6.20. The normalized spacial score (nSPS) is 15.6. The second-order valence-electron chi connectivity index (χ2n) is 6.43. The first-order valence-electron chi connectivity index (χ1n) is 8.76. The van der Waals surface area contributed by atoms with Crippen LogP contribution in [0.1, 0.15) is 5.56 Å². The first kappa shape index (κ1) is 18.4. The number of benzene rings is 2. The summed E-state index contributed by atoms with van der Waals surface area (Å²) in [4.78, 5) is 16.8. The number of nitrogens with one attached hydrogen (secondary N) is 1. The highest BCUT2D eigenvalue weighted by molar-refractivity contribution is 5.93. The Bertz CT molecular complexity index is 728. The number of piperazine rings is 1. The first-order valence-corrected chi connectivity index (χ1v) is 8.76. The molecule has 0 aromatic heterocycles. The summed E-state index contributed by atoms with van der Waals surface area (Å²) in [7, 11) is 1.59. The topological polar surface area (TPSA) is 44.8 Å². The van der Waals surface area contributed by atoms with Gasteiger partial charge in [0.15, 0.2) is 0 Å². The number of rotatable bonds is 6. The summed E-state index contributed by atoms with van der Waals surface area (Å²) in [5, 5.41) is 2.91. The van der Waals surface area contributed by atoms with E-state index in [0.29, 0.717) is 18.0 Å². The lowest BCUT2D eigenvalue weighted by atomic mass is 10.2. The Morgan fingerprint density at radius 3 is 2.38 bits per heavy atom. The average molecular weight is 357 g/mol. The van der Waals surface area contributed by atoms with Crippen LogP contribution >= 0.6 is 0 Å². The molecule has 3 rings (SSSR count). The van der Waals surface area contributed by atoms with Crippen molar-refractivity contribution in [1.29, 1.82) is 0 Å². The van der Waals surface area contributed by atoms with Crippen molar-refractivity contribution in [2.24, 2.45) is 0 Å². The maximum atomic E-state index is 13.0. The van der Waals surface area contributed by atoms with E-state index in [1.54, 1.807) is 7.11 Å². The highest BCUT2D eigenvalue weighted by atomic mass is 19.1. The molecule has 1 N–H and O–H groups in total. The standard InChI is InChI=1S/C20H24FN3O2/c1-26-19-5-3-2-4-18(19)22-20(25)15-24-12-10-23(11-13-24)14-16-6-8-17(21)9-7-16/h2-9H,10-15H2,1H3,(H,22,25). The molecule has 0 saturated carbocycles. The number of hydrogen-bond donors (Lipinski definition) is 1. The molecule has 0 spiro atoms. The molecule has 1 saturated heterocycles. The monoisotopic (exact) mass is 357 g/mol. The highest BCUT2D eigenvalue weighted by Gasteiger charge is 2.19. The van der Waals surface area contributed by atoms with Gasteiger partial charge >= 0.3 is 0 Å². The molecule has 1 aliphatic rings. The predicted octanol–water partition coefficient (Wildman–Crippen LogP) is 2.59. The second kappa shape index (κ2) is 8.78. The van der Waals surface area contributed by atoms with Crippen molar-refractivity contribution >= 4 is 11.6 Å². The van der Waals surface area contributed by atoms with Crippen LogP contribution in [0.2, 0.25) is 0 Å². The van der Waals surface area contributed by atoms with Crippen LogP contribution in [0.4, 0.5) is 10.1 Å². The zero-order chi connectivity index (χ0) is 18.4. The van der Waals surface area contributed by atoms with Gasteiger partial charge in [-0.15, -0.1) is 0 Å². The lowest BCUT2D eigenvalue weighted by Crippen LogP contribution is -2.48. The summed E-state index contributed by atoms with van der Waals surface area (Å²) in [6.45, 7) is 4.61. The Morgan fingerprint density at radius 2 is 1.69 bits per heavy atom. The summed E-state index contributed by atoms with van der Waals surface area (Å²) >= 11 is 0. The smallest absolute Gasteiger partial charge is 0.238 e. The van der Waals surface area contributed by atoms with Crippen molar-refractivity contribution in [2.75, 3.05) is 45.2 Å². The van der Waals surface area contributed by atoms with Crippen LogP contribution in [0.25, 0.3) is 0 Å². The van der Waals surface area contributed by atoms with E-state index in [2.05, 4.69) is 15.1 Å². The molecule has 138 valence electrons. The fourth-order valence-corrected chi connectivity index (χ4v) is 3.09. The molecule has 1 fully saturated rings. The number of halogens is 1. The predicted molar refractivity (Wildman–Crippen MR) is 99.7 cm³/mol. The molecular weight excluding hydrogens is 333 g/mol. The van der Waals surface area contributed by atoms with Gasteiger partial charge in [-0.25, -0.2) is 4.39 Å². The van der Waals surface area contributed by atoms with Crippen LogP contribution in [0.5, 0.6) is 5.75 Å². The molecule has 0 atom stereocenters. The van der Waals surface area contributed by atoms with Crippen molar-refractivity contribution in [3.63, 3.8) is 0 Å². The number of para-hydroxylation sites is 2. The summed E-state index contributed by atoms with van der Waals surface area (Å²) in [6, 6.07) is 14.0. The maximum absolute atomic E-state index is 13.0. The van der Waals surface area contributed by atoms with E-state index in [-0.39, 0.29) is 11.7 Å². The van der Waals surface area contributed by atoms with E-state index in [1.165, 1.54) is 12.1 Å². The van der Waals surface area contributed by atoms with Gasteiger partial charge in [0.1, 0.15) is 11.6 Å². The zero-order valence-corrected chi connectivity index (χ0v) is 15.0. The second-order valence-corrected chi connectivity index (χ2v) is 6.43. The number of nitrogens with zero attached hydrogens (tertiary/aromatic N) is 2. The Labute approximate surface area is 153 Å². The number of carbonyl (C=O) groups excluding carboxylic acids is 1. The van der Waals surface area contributed by atoms with E-state index >= 15 is 0 Å². The molecule has 2 aromatic carbocycles. The third-order valence-corrected chi connectivity index (χ3v) is 4.53. The molecular formula is C20H24FN3O2. The Hall–Kier alpha value is -2.44. The van der Waals surface area contributed by atoms with Crippen LogP contribution < -0.4 is 10.1 Å². The van der Waals surface area contributed by atoms with Crippen molar-refractivity contribution < 1.29 is 13.9 Å². The van der Waals surface area contributed by atoms with Gasteiger partial charge in [-0.3, -0.25) is 14.6 Å². The number of amides is 1. The van der Waals surface area contributed by atoms with E-state index in [4.69, 9.17) is 4.74 Å². The molecule has 26 heavy (non-hydrogen) atoms. The lowest BCUT2D eigenvalue weighted by Gasteiger charge is -2.34. The number of carbonyl (C=O) groups is 1. The lowest BCUT2D eigenvalue weighted by molar-refractivity contribution is -0.117. The van der Waals surface area contributed by atoms with Crippen molar-refractivity contribution in [1.82, 2.24) is 9.80 Å². The fourth-order valence-electron chi connectivity index (χ4n) is 3.09. The highest BCUT2D eigenvalue weighted by Crippen LogP contribution is 2.22. The Morgan fingerprint density at radius 1 is 1.04 bits per heavy atom. The van der Waals surface area contributed by atoms with Crippen molar-refractivity contribution in [3.8, 4) is 5.75 Å². The van der Waals surface area contributed by atoms with Crippen LogP contribution in [0.15, 0.2) is 48.5 Å². The first-order chi connectivity index (χ1) is 12.6. The number of ether oxygens (including phenoxy) is 1. The van der Waals surface area contributed by atoms with Crippen molar-refractivity contribution in [3.05, 3.63) is 59.9 Å². The number of anilines is 1. The van der Waals surface area contributed by atoms with Crippen LogP contribution in [-0.4, -0.2) is 55.5 Å². The average Bonchev–Trinajstić information content (AvgIpc) is 2.65. The van der Waals surface area contributed by atoms with Crippen molar-refractivity contribution in [2.45, 2.75) is 6.54 Å². The minimum Gasteiger partial charge on any atom is -0.495 e. The van der Waals surface area contributed by atoms with Gasteiger partial charge in [0.25, 0.3) is 0 Å². The molecule has 6 heteroatoms. The number of methoxy groups -OCH3 is 1. The maximum Gasteiger partial charge on any atom is 0.238 e. The third kappa shape index (κ3) is 5.03. The van der Waals surface area contributed by atoms with Gasteiger partial charge in [0.05, 0.1) is 19.3 Å². The van der Waals surface area contributed by atoms with Gasteiger partial charge in [-0.05, 0) is 29.8 Å². The van der Waals surface area contributed by atoms with Gasteiger partial charge < -0.3 is 10.1 Å². The molecule has 1 amide bonds. The number of hydrogen-bond acceptors (Lipinski definition) is 4. The van der Waals surface area contributed by atoms with E-state index < -0.39 is 0 Å². The summed E-state index contributed by atoms with van der Waals surface area (Å²) in [5.41, 5.74) is 1.80. The summed E-state index contributed by atoms with van der Waals surface area (Å²) in [6.07, 6.45) is 0. The SMILES string of the molecule is COc1ccccc1NC(=O)CN1CCN(Cc2ccc(F)cc2)CC1. The van der Waals surface area contributed by atoms with Crippen LogP contribution in [0.3, 0.4) is 0 Å². The summed E-state index contributed by atoms with van der Waals surface area (Å²) < 4.78 is 18.2. The van der Waals surface area contributed by atoms with E-state index in [1.807, 2.05) is 36.4 Å². The third-order valence-electron chi connectivity index (χ3n) is 4.53. The minimum absolute atomic E-state index is 0.0403. The molecule has 5 nitrogen and oxygen atoms in total. The van der Waals surface area contributed by atoms with Gasteiger partial charge in [0.2, 0.25) is 5.91 Å². The fraction of sp³-hybridized carbons (Fsp3) is 0.350. The molecule has 1 heterocycles. The van der Waals surface area contributed by atoms with Crippen LogP contribution in [0, 0.1) is 5.82 Å². The molecule has 0 radical (unpaired) electrons.